The van der Waals surface area contributed by atoms with Crippen LogP contribution in [0.3, 0.4) is 0 Å². The van der Waals surface area contributed by atoms with Crippen LogP contribution in [0.25, 0.3) is 0 Å². The molecular weight excluding hydrogens is 260 g/mol. The molecule has 0 aromatic rings. The lowest BCUT2D eigenvalue weighted by Crippen LogP contribution is -2.29. The molecule has 17 heavy (non-hydrogen) atoms. The van der Waals surface area contributed by atoms with Crippen molar-refractivity contribution in [2.24, 2.45) is 5.84 Å². The number of carboxylic acid groups (broad SMARTS) is 1. The summed E-state index contributed by atoms with van der Waals surface area (Å²) in [6.07, 6.45) is 2.04. The van der Waals surface area contributed by atoms with Crippen LogP contribution in [0.15, 0.2) is 0 Å². The van der Waals surface area contributed by atoms with E-state index < -0.39 is 5.97 Å². The third-order valence-corrected chi connectivity index (χ3v) is 5.45. The van der Waals surface area contributed by atoms with Gasteiger partial charge in [-0.05, 0) is 26.7 Å². The summed E-state index contributed by atoms with van der Waals surface area (Å²) in [5, 5.41) is 8.60. The maximum Gasteiger partial charge on any atom is 0.303 e. The van der Waals surface area contributed by atoms with Gasteiger partial charge in [0.15, 0.2) is 0 Å². The van der Waals surface area contributed by atoms with Crippen LogP contribution in [-0.4, -0.2) is 27.5 Å². The Morgan fingerprint density at radius 2 is 2.00 bits per heavy atom. The molecule has 0 atom stereocenters. The number of carboxylic acids is 1. The number of hydrazine groups is 1. The Labute approximate surface area is 110 Å². The number of hydrogen-bond donors (Lipinski definition) is 3. The van der Waals surface area contributed by atoms with Crippen molar-refractivity contribution in [3.63, 3.8) is 0 Å². The molecule has 0 aliphatic carbocycles. The van der Waals surface area contributed by atoms with Crippen molar-refractivity contribution in [1.29, 1.82) is 0 Å². The number of aliphatic carboxylic acids is 1. The van der Waals surface area contributed by atoms with Gasteiger partial charge in [0.05, 0.1) is 0 Å². The zero-order valence-electron chi connectivity index (χ0n) is 10.2. The molecule has 5 nitrogen and oxygen atoms in total. The quantitative estimate of drug-likeness (QED) is 0.196. The molecule has 100 valence electrons. The van der Waals surface area contributed by atoms with Gasteiger partial charge in [-0.15, -0.1) is 0 Å². The lowest BCUT2D eigenvalue weighted by molar-refractivity contribution is -0.137. The van der Waals surface area contributed by atoms with Gasteiger partial charge in [0.1, 0.15) is 0 Å². The molecule has 0 rings (SSSR count). The molecule has 0 aromatic heterocycles. The highest BCUT2D eigenvalue weighted by Gasteiger charge is 2.20. The molecule has 0 aliphatic heterocycles. The lowest BCUT2D eigenvalue weighted by Gasteiger charge is -2.22. The molecule has 1 amide bonds. The highest BCUT2D eigenvalue weighted by molar-refractivity contribution is 8.77. The van der Waals surface area contributed by atoms with Crippen LogP contribution in [0.5, 0.6) is 0 Å². The Morgan fingerprint density at radius 3 is 2.53 bits per heavy atom. The van der Waals surface area contributed by atoms with Gasteiger partial charge in [-0.3, -0.25) is 15.0 Å². The van der Waals surface area contributed by atoms with Gasteiger partial charge in [0, 0.05) is 23.3 Å². The van der Waals surface area contributed by atoms with Crippen molar-refractivity contribution < 1.29 is 14.7 Å². The van der Waals surface area contributed by atoms with Crippen LogP contribution in [0.4, 0.5) is 0 Å². The summed E-state index contributed by atoms with van der Waals surface area (Å²) in [6.45, 7) is 4.06. The number of nitrogens with two attached hydrogens (primary N) is 1. The van der Waals surface area contributed by atoms with E-state index >= 15 is 0 Å². The second-order valence-corrected chi connectivity index (χ2v) is 7.35. The van der Waals surface area contributed by atoms with Gasteiger partial charge in [0.2, 0.25) is 5.91 Å². The normalized spacial score (nSPS) is 11.2. The summed E-state index contributed by atoms with van der Waals surface area (Å²) in [4.78, 5) is 21.3. The van der Waals surface area contributed by atoms with E-state index in [9.17, 15) is 9.59 Å². The molecule has 0 bridgehead atoms. The van der Waals surface area contributed by atoms with Gasteiger partial charge in [-0.2, -0.15) is 0 Å². The average Bonchev–Trinajstić information content (AvgIpc) is 2.25. The van der Waals surface area contributed by atoms with E-state index in [0.717, 1.165) is 12.2 Å². The number of carbonyl (C=O) groups excluding carboxylic acids is 1. The van der Waals surface area contributed by atoms with E-state index in [-0.39, 0.29) is 17.1 Å². The molecule has 0 saturated heterocycles. The van der Waals surface area contributed by atoms with E-state index in [4.69, 9.17) is 10.9 Å². The largest absolute Gasteiger partial charge is 0.481 e. The number of hydrogen-bond acceptors (Lipinski definition) is 5. The van der Waals surface area contributed by atoms with E-state index in [0.29, 0.717) is 12.8 Å². The third-order valence-electron chi connectivity index (χ3n) is 2.02. The van der Waals surface area contributed by atoms with E-state index in [2.05, 4.69) is 5.43 Å². The topological polar surface area (TPSA) is 92.4 Å². The lowest BCUT2D eigenvalue weighted by atomic mass is 10.1. The summed E-state index contributed by atoms with van der Waals surface area (Å²) in [6, 6.07) is 0. The SMILES string of the molecule is CC(C)(CCC(=O)O)SSCCCC(=O)NN. The molecule has 0 heterocycles. The van der Waals surface area contributed by atoms with Gasteiger partial charge in [-0.25, -0.2) is 5.84 Å². The Morgan fingerprint density at radius 1 is 1.35 bits per heavy atom. The fourth-order valence-electron chi connectivity index (χ4n) is 1.01. The Balaban J connectivity index is 3.58. The van der Waals surface area contributed by atoms with Crippen LogP contribution in [0.1, 0.15) is 39.5 Å². The molecule has 0 aliphatic rings. The molecule has 0 spiro atoms. The average molecular weight is 280 g/mol. The molecule has 4 N–H and O–H groups in total. The van der Waals surface area contributed by atoms with Crippen molar-refractivity contribution in [2.45, 2.75) is 44.3 Å². The van der Waals surface area contributed by atoms with E-state index in [1.165, 1.54) is 0 Å². The maximum atomic E-state index is 10.8. The Bertz CT molecular complexity index is 260. The highest BCUT2D eigenvalue weighted by atomic mass is 33.1. The predicted molar refractivity (Wildman–Crippen MR) is 72.6 cm³/mol. The minimum Gasteiger partial charge on any atom is -0.481 e. The zero-order valence-corrected chi connectivity index (χ0v) is 11.8. The number of carbonyl (C=O) groups is 2. The highest BCUT2D eigenvalue weighted by Crippen LogP contribution is 2.39. The van der Waals surface area contributed by atoms with Gasteiger partial charge in [0.25, 0.3) is 0 Å². The van der Waals surface area contributed by atoms with Crippen molar-refractivity contribution in [3.05, 3.63) is 0 Å². The maximum absolute atomic E-state index is 10.8. The molecule has 0 unspecified atom stereocenters. The van der Waals surface area contributed by atoms with E-state index in [1.807, 2.05) is 13.8 Å². The summed E-state index contributed by atoms with van der Waals surface area (Å²) < 4.78 is -0.0564. The summed E-state index contributed by atoms with van der Waals surface area (Å²) >= 11 is 0. The zero-order chi connectivity index (χ0) is 13.3. The van der Waals surface area contributed by atoms with Crippen LogP contribution < -0.4 is 11.3 Å². The molecule has 0 saturated carbocycles. The minimum absolute atomic E-state index is 0.0564. The Kier molecular flexibility index (Phi) is 8.45. The molecule has 0 radical (unpaired) electrons. The predicted octanol–water partition coefficient (Wildman–Crippen LogP) is 1.78. The fourth-order valence-corrected chi connectivity index (χ4v) is 3.68. The first kappa shape index (κ1) is 16.6. The standard InChI is InChI=1S/C10H20N2O3S2/c1-10(2,6-5-9(14)15)17-16-7-3-4-8(13)12-11/h3-7,11H2,1-2H3,(H,12,13)(H,14,15). The molecule has 7 heteroatoms. The molecule has 0 fully saturated rings. The van der Waals surface area contributed by atoms with Crippen LogP contribution in [0.2, 0.25) is 0 Å². The van der Waals surface area contributed by atoms with Crippen molar-refractivity contribution in [3.8, 4) is 0 Å². The first-order chi connectivity index (χ1) is 7.87. The summed E-state index contributed by atoms with van der Waals surface area (Å²) in [5.41, 5.74) is 2.08. The third kappa shape index (κ3) is 10.5. The molecular formula is C10H20N2O3S2. The Hall–Kier alpha value is -0.400. The van der Waals surface area contributed by atoms with E-state index in [1.54, 1.807) is 21.6 Å². The van der Waals surface area contributed by atoms with Gasteiger partial charge in [-0.1, -0.05) is 21.6 Å². The molecule has 0 aromatic carbocycles. The number of rotatable bonds is 9. The fraction of sp³-hybridized carbons (Fsp3) is 0.800. The number of nitrogens with one attached hydrogen (secondary N) is 1. The monoisotopic (exact) mass is 280 g/mol. The van der Waals surface area contributed by atoms with Crippen LogP contribution in [0, 0.1) is 0 Å². The van der Waals surface area contributed by atoms with Crippen LogP contribution in [-0.2, 0) is 9.59 Å². The second-order valence-electron chi connectivity index (χ2n) is 4.23. The van der Waals surface area contributed by atoms with Gasteiger partial charge >= 0.3 is 5.97 Å². The van der Waals surface area contributed by atoms with Crippen molar-refractivity contribution >= 4 is 33.5 Å². The van der Waals surface area contributed by atoms with Crippen LogP contribution >= 0.6 is 21.6 Å². The summed E-state index contributed by atoms with van der Waals surface area (Å²) in [7, 11) is 3.34. The second kappa shape index (κ2) is 8.66. The first-order valence-electron chi connectivity index (χ1n) is 5.39. The van der Waals surface area contributed by atoms with Crippen molar-refractivity contribution in [2.75, 3.05) is 5.75 Å². The smallest absolute Gasteiger partial charge is 0.303 e. The van der Waals surface area contributed by atoms with Crippen molar-refractivity contribution in [1.82, 2.24) is 5.43 Å². The van der Waals surface area contributed by atoms with Gasteiger partial charge < -0.3 is 5.11 Å². The minimum atomic E-state index is -0.761. The first-order valence-corrected chi connectivity index (χ1v) is 7.71. The number of amides is 1. The summed E-state index contributed by atoms with van der Waals surface area (Å²) in [5.74, 6) is 4.90.